The highest BCUT2D eigenvalue weighted by molar-refractivity contribution is 7.89. The summed E-state index contributed by atoms with van der Waals surface area (Å²) in [5.41, 5.74) is 0.264. The first-order valence-corrected chi connectivity index (χ1v) is 8.42. The summed E-state index contributed by atoms with van der Waals surface area (Å²) < 4.78 is 32.3. The molecule has 0 heterocycles. The summed E-state index contributed by atoms with van der Waals surface area (Å²) in [6, 6.07) is 3.72. The van der Waals surface area contributed by atoms with Gasteiger partial charge >= 0.3 is 5.97 Å². The Hall–Kier alpha value is -1.64. The molecule has 0 aliphatic heterocycles. The van der Waals surface area contributed by atoms with E-state index in [1.807, 2.05) is 6.92 Å². The lowest BCUT2D eigenvalue weighted by molar-refractivity contribution is 0.0696. The predicted molar refractivity (Wildman–Crippen MR) is 83.8 cm³/mol. The number of sulfonamides is 1. The van der Waals surface area contributed by atoms with Crippen LogP contribution in [0.5, 0.6) is 0 Å². The molecule has 1 rings (SSSR count). The summed E-state index contributed by atoms with van der Waals surface area (Å²) >= 11 is 0. The van der Waals surface area contributed by atoms with E-state index in [0.29, 0.717) is 25.3 Å². The Balaban J connectivity index is 3.21. The average Bonchev–Trinajstić information content (AvgIpc) is 2.46. The van der Waals surface area contributed by atoms with Gasteiger partial charge in [0.15, 0.2) is 0 Å². The van der Waals surface area contributed by atoms with Crippen molar-refractivity contribution >= 4 is 21.7 Å². The molecule has 0 aliphatic rings. The smallest absolute Gasteiger partial charge is 0.335 e. The summed E-state index contributed by atoms with van der Waals surface area (Å²) in [6.45, 7) is 4.42. The Kier molecular flexibility index (Phi) is 6.79. The minimum atomic E-state index is -3.81. The van der Waals surface area contributed by atoms with Crippen molar-refractivity contribution in [1.82, 2.24) is 4.72 Å². The van der Waals surface area contributed by atoms with E-state index in [4.69, 9.17) is 9.84 Å². The maximum Gasteiger partial charge on any atom is 0.335 e. The topological polar surface area (TPSA) is 105 Å². The highest BCUT2D eigenvalue weighted by atomic mass is 32.2. The van der Waals surface area contributed by atoms with Gasteiger partial charge in [-0.2, -0.15) is 0 Å². The van der Waals surface area contributed by atoms with Gasteiger partial charge in [-0.25, -0.2) is 17.9 Å². The van der Waals surface area contributed by atoms with Gasteiger partial charge < -0.3 is 15.2 Å². The van der Waals surface area contributed by atoms with Crippen molar-refractivity contribution in [3.05, 3.63) is 23.8 Å². The van der Waals surface area contributed by atoms with E-state index in [1.54, 1.807) is 6.92 Å². The second-order valence-electron chi connectivity index (χ2n) is 4.87. The van der Waals surface area contributed by atoms with Crippen LogP contribution in [0.3, 0.4) is 0 Å². The number of hydrogen-bond donors (Lipinski definition) is 3. The Morgan fingerprint density at radius 2 is 2.09 bits per heavy atom. The number of carbonyl (C=O) groups is 1. The SMILES string of the molecule is CC[C@H](C)NS(=O)(=O)c1cc(C(=O)O)ccc1NCCOC. The quantitative estimate of drug-likeness (QED) is 0.593. The molecule has 0 spiro atoms. The normalized spacial score (nSPS) is 12.9. The molecule has 3 N–H and O–H groups in total. The van der Waals surface area contributed by atoms with Crippen LogP contribution in [-0.4, -0.2) is 45.8 Å². The summed E-state index contributed by atoms with van der Waals surface area (Å²) in [6.07, 6.45) is 0.629. The van der Waals surface area contributed by atoms with Crippen LogP contribution in [0, 0.1) is 0 Å². The number of anilines is 1. The van der Waals surface area contributed by atoms with Gasteiger partial charge in [-0.3, -0.25) is 0 Å². The number of nitrogens with one attached hydrogen (secondary N) is 2. The van der Waals surface area contributed by atoms with Crippen LogP contribution in [0.25, 0.3) is 0 Å². The number of rotatable bonds is 9. The molecule has 124 valence electrons. The van der Waals surface area contributed by atoms with Crippen molar-refractivity contribution in [3.8, 4) is 0 Å². The average molecular weight is 330 g/mol. The molecule has 0 amide bonds. The van der Waals surface area contributed by atoms with Crippen molar-refractivity contribution in [1.29, 1.82) is 0 Å². The van der Waals surface area contributed by atoms with Gasteiger partial charge in [0.2, 0.25) is 10.0 Å². The maximum atomic E-state index is 12.5. The fraction of sp³-hybridized carbons (Fsp3) is 0.500. The molecule has 1 aromatic carbocycles. The molecule has 8 heteroatoms. The number of aromatic carboxylic acids is 1. The van der Waals surface area contributed by atoms with Crippen molar-refractivity contribution in [2.45, 2.75) is 31.2 Å². The first-order valence-electron chi connectivity index (χ1n) is 6.94. The van der Waals surface area contributed by atoms with Crippen LogP contribution >= 0.6 is 0 Å². The third-order valence-electron chi connectivity index (χ3n) is 3.11. The standard InChI is InChI=1S/C14H22N2O5S/c1-4-10(2)16-22(19,20)13-9-11(14(17)18)5-6-12(13)15-7-8-21-3/h5-6,9-10,15-16H,4,7-8H2,1-3H3,(H,17,18)/t10-/m0/s1. The zero-order valence-corrected chi connectivity index (χ0v) is 13.7. The van der Waals surface area contributed by atoms with Crippen molar-refractivity contribution in [2.75, 3.05) is 25.6 Å². The van der Waals surface area contributed by atoms with E-state index in [1.165, 1.54) is 19.2 Å². The van der Waals surface area contributed by atoms with E-state index in [9.17, 15) is 13.2 Å². The highest BCUT2D eigenvalue weighted by Gasteiger charge is 2.22. The van der Waals surface area contributed by atoms with Gasteiger partial charge in [0, 0.05) is 19.7 Å². The number of carboxylic acid groups (broad SMARTS) is 1. The second-order valence-corrected chi connectivity index (χ2v) is 6.55. The third-order valence-corrected chi connectivity index (χ3v) is 4.74. The minimum absolute atomic E-state index is 0.0798. The van der Waals surface area contributed by atoms with Crippen LogP contribution in [0.1, 0.15) is 30.6 Å². The first kappa shape index (κ1) is 18.4. The van der Waals surface area contributed by atoms with Gasteiger partial charge in [0.1, 0.15) is 4.90 Å². The van der Waals surface area contributed by atoms with Gasteiger partial charge in [-0.05, 0) is 31.5 Å². The van der Waals surface area contributed by atoms with Gasteiger partial charge in [0.05, 0.1) is 17.9 Å². The molecule has 0 unspecified atom stereocenters. The monoisotopic (exact) mass is 330 g/mol. The molecule has 0 radical (unpaired) electrons. The lowest BCUT2D eigenvalue weighted by atomic mass is 10.2. The lowest BCUT2D eigenvalue weighted by Gasteiger charge is -2.16. The Labute approximate surface area is 130 Å². The summed E-state index contributed by atoms with van der Waals surface area (Å²) in [5.74, 6) is -1.18. The molecule has 0 aliphatic carbocycles. The minimum Gasteiger partial charge on any atom is -0.478 e. The van der Waals surface area contributed by atoms with E-state index < -0.39 is 16.0 Å². The van der Waals surface area contributed by atoms with Gasteiger partial charge in [-0.1, -0.05) is 6.92 Å². The fourth-order valence-electron chi connectivity index (χ4n) is 1.72. The molecule has 0 bridgehead atoms. The van der Waals surface area contributed by atoms with Crippen molar-refractivity contribution in [3.63, 3.8) is 0 Å². The third kappa shape index (κ3) is 4.97. The number of ether oxygens (including phenoxy) is 1. The van der Waals surface area contributed by atoms with Crippen molar-refractivity contribution in [2.24, 2.45) is 0 Å². The van der Waals surface area contributed by atoms with E-state index in [2.05, 4.69) is 10.0 Å². The molecule has 0 saturated heterocycles. The molecule has 0 fully saturated rings. The number of carboxylic acids is 1. The largest absolute Gasteiger partial charge is 0.478 e. The summed E-state index contributed by atoms with van der Waals surface area (Å²) in [5, 5.41) is 12.0. The molecule has 7 nitrogen and oxygen atoms in total. The van der Waals surface area contributed by atoms with E-state index in [-0.39, 0.29) is 16.5 Å². The highest BCUT2D eigenvalue weighted by Crippen LogP contribution is 2.23. The molecular weight excluding hydrogens is 308 g/mol. The number of hydrogen-bond acceptors (Lipinski definition) is 5. The summed E-state index contributed by atoms with van der Waals surface area (Å²) in [4.78, 5) is 11.0. The maximum absolute atomic E-state index is 12.5. The lowest BCUT2D eigenvalue weighted by Crippen LogP contribution is -2.32. The fourth-order valence-corrected chi connectivity index (χ4v) is 3.26. The van der Waals surface area contributed by atoms with E-state index >= 15 is 0 Å². The van der Waals surface area contributed by atoms with Crippen LogP contribution in [0.15, 0.2) is 23.1 Å². The van der Waals surface area contributed by atoms with Crippen LogP contribution in [0.4, 0.5) is 5.69 Å². The predicted octanol–water partition coefficient (Wildman–Crippen LogP) is 1.52. The van der Waals surface area contributed by atoms with Gasteiger partial charge in [0.25, 0.3) is 0 Å². The van der Waals surface area contributed by atoms with Crippen LogP contribution in [0.2, 0.25) is 0 Å². The zero-order valence-electron chi connectivity index (χ0n) is 12.9. The molecule has 0 saturated carbocycles. The molecule has 1 atom stereocenters. The van der Waals surface area contributed by atoms with Crippen molar-refractivity contribution < 1.29 is 23.1 Å². The number of methoxy groups -OCH3 is 1. The van der Waals surface area contributed by atoms with Crippen LogP contribution in [-0.2, 0) is 14.8 Å². The molecular formula is C14H22N2O5S. The Morgan fingerprint density at radius 3 is 2.64 bits per heavy atom. The zero-order chi connectivity index (χ0) is 16.8. The van der Waals surface area contributed by atoms with E-state index in [0.717, 1.165) is 6.07 Å². The Morgan fingerprint density at radius 1 is 1.41 bits per heavy atom. The molecule has 1 aromatic rings. The van der Waals surface area contributed by atoms with Gasteiger partial charge in [-0.15, -0.1) is 0 Å². The second kappa shape index (κ2) is 8.11. The number of benzene rings is 1. The summed E-state index contributed by atoms with van der Waals surface area (Å²) in [7, 11) is -2.27. The van der Waals surface area contributed by atoms with Crippen LogP contribution < -0.4 is 10.0 Å². The molecule has 22 heavy (non-hydrogen) atoms. The first-order chi connectivity index (χ1) is 10.3. The Bertz CT molecular complexity index is 616. The molecule has 0 aromatic heterocycles.